The highest BCUT2D eigenvalue weighted by Gasteiger charge is 2.10. The molecule has 6 heteroatoms. The van der Waals surface area contributed by atoms with Crippen LogP contribution in [0.5, 0.6) is 0 Å². The lowest BCUT2D eigenvalue weighted by Crippen LogP contribution is -2.44. The Balaban J connectivity index is 1.87. The summed E-state index contributed by atoms with van der Waals surface area (Å²) >= 11 is 0. The van der Waals surface area contributed by atoms with Crippen molar-refractivity contribution in [3.63, 3.8) is 0 Å². The number of nitrogens with two attached hydrogens (primary N) is 1. The van der Waals surface area contributed by atoms with Crippen molar-refractivity contribution in [3.8, 4) is 0 Å². The van der Waals surface area contributed by atoms with Crippen molar-refractivity contribution >= 4 is 11.7 Å². The van der Waals surface area contributed by atoms with Crippen LogP contribution in [0.3, 0.4) is 0 Å². The summed E-state index contributed by atoms with van der Waals surface area (Å²) in [5.74, 6) is 1.49. The second kappa shape index (κ2) is 6.70. The van der Waals surface area contributed by atoms with Crippen molar-refractivity contribution in [1.29, 1.82) is 0 Å². The minimum absolute atomic E-state index is 0.640. The van der Waals surface area contributed by atoms with Gasteiger partial charge in [-0.05, 0) is 31.5 Å². The summed E-state index contributed by atoms with van der Waals surface area (Å²) in [7, 11) is 0. The normalized spacial score (nSPS) is 14.3. The van der Waals surface area contributed by atoms with Gasteiger partial charge < -0.3 is 5.73 Å². The van der Waals surface area contributed by atoms with Crippen molar-refractivity contribution in [3.05, 3.63) is 30.1 Å². The molecular formula is C12H18N6. The number of unbranched alkanes of at least 4 members (excludes halogenated alkanes) is 2. The Kier molecular flexibility index (Phi) is 4.66. The topological polar surface area (TPSA) is 87.7 Å². The molecule has 0 fully saturated rings. The number of pyridine rings is 1. The van der Waals surface area contributed by atoms with Gasteiger partial charge in [0.15, 0.2) is 5.84 Å². The zero-order chi connectivity index (χ0) is 12.6. The molecule has 96 valence electrons. The summed E-state index contributed by atoms with van der Waals surface area (Å²) in [6.45, 7) is 0.750. The van der Waals surface area contributed by atoms with E-state index in [9.17, 15) is 0 Å². The molecule has 1 aliphatic rings. The number of nitrogens with zero attached hydrogens (tertiary/aromatic N) is 3. The first kappa shape index (κ1) is 12.5. The van der Waals surface area contributed by atoms with Crippen molar-refractivity contribution in [2.75, 3.05) is 6.54 Å². The van der Waals surface area contributed by atoms with E-state index >= 15 is 0 Å². The maximum atomic E-state index is 5.44. The molecule has 2 rings (SSSR count). The van der Waals surface area contributed by atoms with E-state index in [1.54, 1.807) is 6.20 Å². The highest BCUT2D eigenvalue weighted by atomic mass is 15.5. The molecule has 1 aliphatic heterocycles. The first-order chi connectivity index (χ1) is 8.90. The summed E-state index contributed by atoms with van der Waals surface area (Å²) in [5.41, 5.74) is 12.3. The van der Waals surface area contributed by atoms with Gasteiger partial charge in [-0.3, -0.25) is 15.8 Å². The standard InChI is InChI=1S/C12H18N6/c13-8-4-1-2-7-11-15-17-12(18-16-11)10-6-3-5-9-14-10/h3,5-6,9H,1-2,4,7-8,13H2,(H,15,16)(H,17,18). The van der Waals surface area contributed by atoms with E-state index in [-0.39, 0.29) is 0 Å². The molecule has 0 atom stereocenters. The molecule has 0 amide bonds. The van der Waals surface area contributed by atoms with Gasteiger partial charge in [-0.2, -0.15) is 0 Å². The van der Waals surface area contributed by atoms with Gasteiger partial charge in [-0.25, -0.2) is 0 Å². The van der Waals surface area contributed by atoms with E-state index in [2.05, 4.69) is 26.0 Å². The predicted octanol–water partition coefficient (Wildman–Crippen LogP) is 0.769. The Morgan fingerprint density at radius 1 is 1.06 bits per heavy atom. The van der Waals surface area contributed by atoms with E-state index in [0.717, 1.165) is 43.8 Å². The third-order valence-corrected chi connectivity index (χ3v) is 2.62. The maximum absolute atomic E-state index is 5.44. The summed E-state index contributed by atoms with van der Waals surface area (Å²) in [6.07, 6.45) is 5.86. The quantitative estimate of drug-likeness (QED) is 0.647. The molecule has 0 bridgehead atoms. The number of hydrogen-bond donors (Lipinski definition) is 3. The molecule has 18 heavy (non-hydrogen) atoms. The summed E-state index contributed by atoms with van der Waals surface area (Å²) in [6, 6.07) is 5.67. The fraction of sp³-hybridized carbons (Fsp3) is 0.417. The van der Waals surface area contributed by atoms with E-state index in [0.29, 0.717) is 5.84 Å². The number of hydrazine groups is 1. The van der Waals surface area contributed by atoms with E-state index in [4.69, 9.17) is 5.73 Å². The minimum Gasteiger partial charge on any atom is -0.330 e. The molecule has 0 unspecified atom stereocenters. The summed E-state index contributed by atoms with van der Waals surface area (Å²) in [5, 5.41) is 8.27. The van der Waals surface area contributed by atoms with Crippen LogP contribution in [0, 0.1) is 0 Å². The first-order valence-corrected chi connectivity index (χ1v) is 6.18. The van der Waals surface area contributed by atoms with Gasteiger partial charge in [0.05, 0.1) is 0 Å². The third-order valence-electron chi connectivity index (χ3n) is 2.62. The van der Waals surface area contributed by atoms with Crippen LogP contribution in [0.15, 0.2) is 34.6 Å². The van der Waals surface area contributed by atoms with Gasteiger partial charge in [-0.1, -0.05) is 12.5 Å². The molecular weight excluding hydrogens is 228 g/mol. The molecule has 4 N–H and O–H groups in total. The largest absolute Gasteiger partial charge is 0.330 e. The average molecular weight is 246 g/mol. The smallest absolute Gasteiger partial charge is 0.193 e. The SMILES string of the molecule is NCCCCCC1=NN=C(c2ccccn2)NN1. The average Bonchev–Trinajstić information content (AvgIpc) is 2.45. The maximum Gasteiger partial charge on any atom is 0.193 e. The van der Waals surface area contributed by atoms with Crippen molar-refractivity contribution in [2.45, 2.75) is 25.7 Å². The van der Waals surface area contributed by atoms with Gasteiger partial charge in [0, 0.05) is 12.6 Å². The Morgan fingerprint density at radius 3 is 2.67 bits per heavy atom. The fourth-order valence-electron chi connectivity index (χ4n) is 1.64. The number of aromatic nitrogens is 1. The Hall–Kier alpha value is -1.95. The Morgan fingerprint density at radius 2 is 2.00 bits per heavy atom. The second-order valence-electron chi connectivity index (χ2n) is 4.06. The lowest BCUT2D eigenvalue weighted by molar-refractivity contribution is 0.685. The highest BCUT2D eigenvalue weighted by Crippen LogP contribution is 2.03. The Labute approximate surface area is 106 Å². The van der Waals surface area contributed by atoms with Gasteiger partial charge in [0.2, 0.25) is 0 Å². The predicted molar refractivity (Wildman–Crippen MR) is 72.0 cm³/mol. The van der Waals surface area contributed by atoms with Crippen LogP contribution >= 0.6 is 0 Å². The van der Waals surface area contributed by atoms with Crippen LogP contribution in [-0.4, -0.2) is 23.2 Å². The van der Waals surface area contributed by atoms with Gasteiger partial charge in [0.1, 0.15) is 11.5 Å². The molecule has 0 saturated heterocycles. The van der Waals surface area contributed by atoms with Gasteiger partial charge in [0.25, 0.3) is 0 Å². The van der Waals surface area contributed by atoms with E-state index in [1.165, 1.54) is 0 Å². The van der Waals surface area contributed by atoms with Crippen LogP contribution < -0.4 is 16.6 Å². The zero-order valence-electron chi connectivity index (χ0n) is 10.3. The summed E-state index contributed by atoms with van der Waals surface area (Å²) < 4.78 is 0. The van der Waals surface area contributed by atoms with Gasteiger partial charge in [-0.15, -0.1) is 10.2 Å². The minimum atomic E-state index is 0.640. The highest BCUT2D eigenvalue weighted by molar-refractivity contribution is 6.00. The van der Waals surface area contributed by atoms with Crippen molar-refractivity contribution < 1.29 is 0 Å². The third kappa shape index (κ3) is 3.53. The van der Waals surface area contributed by atoms with Crippen LogP contribution in [0.25, 0.3) is 0 Å². The van der Waals surface area contributed by atoms with Crippen LogP contribution in [0.2, 0.25) is 0 Å². The number of hydrogen-bond acceptors (Lipinski definition) is 6. The van der Waals surface area contributed by atoms with E-state index in [1.807, 2.05) is 18.2 Å². The van der Waals surface area contributed by atoms with E-state index < -0.39 is 0 Å². The molecule has 1 aromatic rings. The molecule has 0 spiro atoms. The molecule has 0 radical (unpaired) electrons. The number of rotatable bonds is 6. The van der Waals surface area contributed by atoms with Gasteiger partial charge >= 0.3 is 0 Å². The zero-order valence-corrected chi connectivity index (χ0v) is 10.3. The lowest BCUT2D eigenvalue weighted by Gasteiger charge is -2.16. The second-order valence-corrected chi connectivity index (χ2v) is 4.06. The first-order valence-electron chi connectivity index (χ1n) is 6.18. The lowest BCUT2D eigenvalue weighted by atomic mass is 10.2. The molecule has 0 aromatic carbocycles. The number of nitrogens with one attached hydrogen (secondary N) is 2. The molecule has 1 aromatic heterocycles. The Bertz CT molecular complexity index is 425. The van der Waals surface area contributed by atoms with Crippen molar-refractivity contribution in [2.24, 2.45) is 15.9 Å². The molecule has 0 saturated carbocycles. The van der Waals surface area contributed by atoms with Crippen LogP contribution in [-0.2, 0) is 0 Å². The van der Waals surface area contributed by atoms with Crippen molar-refractivity contribution in [1.82, 2.24) is 15.8 Å². The number of amidine groups is 2. The summed E-state index contributed by atoms with van der Waals surface area (Å²) in [4.78, 5) is 4.20. The molecule has 6 nitrogen and oxygen atoms in total. The molecule has 0 aliphatic carbocycles. The fourth-order valence-corrected chi connectivity index (χ4v) is 1.64. The molecule has 2 heterocycles. The van der Waals surface area contributed by atoms with Crippen LogP contribution in [0.4, 0.5) is 0 Å². The monoisotopic (exact) mass is 246 g/mol. The van der Waals surface area contributed by atoms with Crippen LogP contribution in [0.1, 0.15) is 31.4 Å².